The van der Waals surface area contributed by atoms with E-state index < -0.39 is 5.97 Å². The summed E-state index contributed by atoms with van der Waals surface area (Å²) < 4.78 is 5.82. The van der Waals surface area contributed by atoms with Gasteiger partial charge in [-0.15, -0.1) is 0 Å². The second-order valence-electron chi connectivity index (χ2n) is 1.58. The number of carbonyl (C=O) groups excluding carboxylic acids is 1. The lowest BCUT2D eigenvalue weighted by atomic mass is 10.5. The van der Waals surface area contributed by atoms with Crippen molar-refractivity contribution >= 4 is 49.2 Å². The number of nitrogens with zero attached hydrogens (tertiary/aromatic N) is 1. The minimum absolute atomic E-state index is 0.310. The molecule has 0 unspecified atom stereocenters. The first-order valence-corrected chi connectivity index (χ1v) is 4.95. The van der Waals surface area contributed by atoms with Crippen molar-refractivity contribution in [2.45, 2.75) is 0 Å². The van der Waals surface area contributed by atoms with Gasteiger partial charge in [-0.25, -0.2) is 9.78 Å². The highest BCUT2D eigenvalue weighted by Gasteiger charge is 2.15. The van der Waals surface area contributed by atoms with Gasteiger partial charge in [0, 0.05) is 0 Å². The van der Waals surface area contributed by atoms with Gasteiger partial charge in [0.2, 0.25) is 0 Å². The van der Waals surface area contributed by atoms with Crippen molar-refractivity contribution in [3.8, 4) is 0 Å². The normalized spacial score (nSPS) is 9.73. The van der Waals surface area contributed by atoms with Crippen LogP contribution >= 0.6 is 43.2 Å². The van der Waals surface area contributed by atoms with Gasteiger partial charge < -0.3 is 4.74 Å². The molecule has 0 aliphatic carbocycles. The summed E-state index contributed by atoms with van der Waals surface area (Å²) in [7, 11) is 1.32. The molecule has 0 aliphatic rings. The molecule has 0 N–H and O–H groups in total. The van der Waals surface area contributed by atoms with E-state index in [2.05, 4.69) is 41.6 Å². The largest absolute Gasteiger partial charge is 0.464 e. The van der Waals surface area contributed by atoms with E-state index in [1.165, 1.54) is 18.4 Å². The number of thiazole rings is 1. The maximum Gasteiger partial charge on any atom is 0.358 e. The Bertz CT molecular complexity index is 286. The molecule has 0 saturated carbocycles. The number of halogens is 2. The number of methoxy groups -OCH3 is 1. The number of aromatic nitrogens is 1. The Morgan fingerprint density at radius 1 is 1.64 bits per heavy atom. The third kappa shape index (κ3) is 2.00. The van der Waals surface area contributed by atoms with E-state index in [0.29, 0.717) is 13.4 Å². The fourth-order valence-corrected chi connectivity index (χ4v) is 3.04. The number of hydrogen-bond donors (Lipinski definition) is 0. The molecule has 0 atom stereocenters. The van der Waals surface area contributed by atoms with Gasteiger partial charge in [0.05, 0.1) is 7.11 Å². The lowest BCUT2D eigenvalue weighted by Crippen LogP contribution is -2.01. The fourth-order valence-electron chi connectivity index (χ4n) is 0.500. The third-order valence-electron chi connectivity index (χ3n) is 0.938. The van der Waals surface area contributed by atoms with Gasteiger partial charge in [-0.05, 0) is 31.9 Å². The summed E-state index contributed by atoms with van der Waals surface area (Å²) in [4.78, 5) is 14.8. The Balaban J connectivity index is 3.03. The zero-order chi connectivity index (χ0) is 8.43. The molecule has 11 heavy (non-hydrogen) atoms. The van der Waals surface area contributed by atoms with Crippen LogP contribution in [0.3, 0.4) is 0 Å². The van der Waals surface area contributed by atoms with E-state index in [0.717, 1.165) is 0 Å². The third-order valence-corrected chi connectivity index (χ3v) is 3.09. The molecule has 0 aliphatic heterocycles. The van der Waals surface area contributed by atoms with Crippen LogP contribution in [0, 0.1) is 0 Å². The standard InChI is InChI=1S/C5H3Br2NO2S/c1-10-4(9)2-3(6)11-5(7)8-2/h1H3. The average molecular weight is 301 g/mol. The average Bonchev–Trinajstić information content (AvgIpc) is 2.28. The molecule has 0 radical (unpaired) electrons. The van der Waals surface area contributed by atoms with Gasteiger partial charge >= 0.3 is 5.97 Å². The van der Waals surface area contributed by atoms with Crippen LogP contribution < -0.4 is 0 Å². The summed E-state index contributed by atoms with van der Waals surface area (Å²) in [5.74, 6) is -0.432. The molecular formula is C5H3Br2NO2S. The topological polar surface area (TPSA) is 39.2 Å². The maximum atomic E-state index is 10.9. The van der Waals surface area contributed by atoms with Crippen LogP contribution in [-0.2, 0) is 4.74 Å². The Morgan fingerprint density at radius 2 is 2.27 bits per heavy atom. The van der Waals surface area contributed by atoms with E-state index in [4.69, 9.17) is 0 Å². The number of esters is 1. The molecule has 0 aromatic carbocycles. The van der Waals surface area contributed by atoms with Gasteiger partial charge in [0.1, 0.15) is 3.79 Å². The highest BCUT2D eigenvalue weighted by atomic mass is 79.9. The number of rotatable bonds is 1. The summed E-state index contributed by atoms with van der Waals surface area (Å²) >= 11 is 7.67. The zero-order valence-electron chi connectivity index (χ0n) is 5.43. The van der Waals surface area contributed by atoms with Crippen LogP contribution in [0.2, 0.25) is 0 Å². The summed E-state index contributed by atoms with van der Waals surface area (Å²) in [5.41, 5.74) is 0.310. The molecule has 0 spiro atoms. The van der Waals surface area contributed by atoms with Crippen molar-refractivity contribution in [3.05, 3.63) is 13.4 Å². The SMILES string of the molecule is COC(=O)c1nc(Br)sc1Br. The molecule has 1 rings (SSSR count). The monoisotopic (exact) mass is 299 g/mol. The molecule has 60 valence electrons. The summed E-state index contributed by atoms with van der Waals surface area (Å²) in [6.45, 7) is 0. The van der Waals surface area contributed by atoms with Gasteiger partial charge in [-0.1, -0.05) is 11.3 Å². The Kier molecular flexibility index (Phi) is 3.03. The highest BCUT2D eigenvalue weighted by molar-refractivity contribution is 9.12. The van der Waals surface area contributed by atoms with Gasteiger partial charge in [-0.3, -0.25) is 0 Å². The summed E-state index contributed by atoms with van der Waals surface area (Å²) in [6.07, 6.45) is 0. The van der Waals surface area contributed by atoms with Crippen LogP contribution in [0.4, 0.5) is 0 Å². The molecule has 1 heterocycles. The van der Waals surface area contributed by atoms with Crippen molar-refractivity contribution in [3.63, 3.8) is 0 Å². The van der Waals surface area contributed by atoms with Crippen molar-refractivity contribution in [2.24, 2.45) is 0 Å². The molecule has 0 amide bonds. The lowest BCUT2D eigenvalue weighted by molar-refractivity contribution is 0.0594. The number of carbonyl (C=O) groups is 1. The van der Waals surface area contributed by atoms with E-state index in [9.17, 15) is 4.79 Å². The van der Waals surface area contributed by atoms with E-state index in [-0.39, 0.29) is 0 Å². The smallest absolute Gasteiger partial charge is 0.358 e. The van der Waals surface area contributed by atoms with Gasteiger partial charge in [0.25, 0.3) is 0 Å². The van der Waals surface area contributed by atoms with Crippen LogP contribution in [0.1, 0.15) is 10.5 Å². The second-order valence-corrected chi connectivity index (χ2v) is 5.17. The van der Waals surface area contributed by atoms with Gasteiger partial charge in [-0.2, -0.15) is 0 Å². The lowest BCUT2D eigenvalue weighted by Gasteiger charge is -1.92. The minimum Gasteiger partial charge on any atom is -0.464 e. The Labute approximate surface area is 84.0 Å². The Morgan fingerprint density at radius 3 is 2.64 bits per heavy atom. The summed E-state index contributed by atoms with van der Waals surface area (Å²) in [6, 6.07) is 0. The van der Waals surface area contributed by atoms with Gasteiger partial charge in [0.15, 0.2) is 9.61 Å². The van der Waals surface area contributed by atoms with Crippen molar-refractivity contribution in [1.82, 2.24) is 4.98 Å². The maximum absolute atomic E-state index is 10.9. The van der Waals surface area contributed by atoms with Crippen LogP contribution in [0.25, 0.3) is 0 Å². The molecule has 0 fully saturated rings. The fraction of sp³-hybridized carbons (Fsp3) is 0.200. The number of hydrogen-bond acceptors (Lipinski definition) is 4. The van der Waals surface area contributed by atoms with Crippen LogP contribution in [-0.4, -0.2) is 18.1 Å². The molecule has 0 saturated heterocycles. The Hall–Kier alpha value is 0.0600. The second kappa shape index (κ2) is 3.64. The molecule has 1 aromatic heterocycles. The van der Waals surface area contributed by atoms with Crippen molar-refractivity contribution < 1.29 is 9.53 Å². The van der Waals surface area contributed by atoms with E-state index in [1.54, 1.807) is 0 Å². The van der Waals surface area contributed by atoms with Crippen LogP contribution in [0.5, 0.6) is 0 Å². The van der Waals surface area contributed by atoms with Crippen molar-refractivity contribution in [2.75, 3.05) is 7.11 Å². The predicted octanol–water partition coefficient (Wildman–Crippen LogP) is 2.45. The zero-order valence-corrected chi connectivity index (χ0v) is 9.42. The van der Waals surface area contributed by atoms with Crippen molar-refractivity contribution in [1.29, 1.82) is 0 Å². The minimum atomic E-state index is -0.432. The molecule has 6 heteroatoms. The first-order chi connectivity index (χ1) is 5.15. The molecule has 1 aromatic rings. The molecule has 3 nitrogen and oxygen atoms in total. The first-order valence-electron chi connectivity index (χ1n) is 2.55. The molecule has 0 bridgehead atoms. The first kappa shape index (κ1) is 9.15. The van der Waals surface area contributed by atoms with Crippen LogP contribution in [0.15, 0.2) is 7.70 Å². The summed E-state index contributed by atoms with van der Waals surface area (Å²) in [5, 5.41) is 0. The highest BCUT2D eigenvalue weighted by Crippen LogP contribution is 2.28. The quantitative estimate of drug-likeness (QED) is 0.748. The predicted molar refractivity (Wildman–Crippen MR) is 48.9 cm³/mol. The van der Waals surface area contributed by atoms with E-state index in [1.807, 2.05) is 0 Å². The molecular weight excluding hydrogens is 298 g/mol. The van der Waals surface area contributed by atoms with E-state index >= 15 is 0 Å². The number of ether oxygens (including phenoxy) is 1.